The number of hydrogen-bond acceptors (Lipinski definition) is 8. The summed E-state index contributed by atoms with van der Waals surface area (Å²) < 4.78 is 33.3. The summed E-state index contributed by atoms with van der Waals surface area (Å²) in [6, 6.07) is 0. The van der Waals surface area contributed by atoms with Gasteiger partial charge in [-0.2, -0.15) is 0 Å². The zero-order valence-corrected chi connectivity index (χ0v) is 59.3. The first kappa shape index (κ1) is 86.2. The predicted octanol–water partition coefficient (Wildman–Crippen LogP) is 25.3. The van der Waals surface area contributed by atoms with E-state index in [0.717, 1.165) is 77.0 Å². The largest absolute Gasteiger partial charge is 0.472 e. The van der Waals surface area contributed by atoms with Gasteiger partial charge in [-0.25, -0.2) is 4.57 Å². The molecule has 0 aromatic rings. The quantitative estimate of drug-likeness (QED) is 0.0264. The lowest BCUT2D eigenvalue weighted by molar-refractivity contribution is -0.161. The molecule has 2 atom stereocenters. The molecule has 518 valence electrons. The minimum absolute atomic E-state index is 0.0534. The van der Waals surface area contributed by atoms with Crippen LogP contribution in [0.5, 0.6) is 0 Å². The van der Waals surface area contributed by atoms with E-state index in [9.17, 15) is 19.0 Å². The molecule has 0 heterocycles. The number of hydrogen-bond donors (Lipinski definition) is 2. The molecule has 0 radical (unpaired) electrons. The monoisotopic (exact) mass is 1270 g/mol. The van der Waals surface area contributed by atoms with E-state index in [0.29, 0.717) is 6.42 Å². The maximum Gasteiger partial charge on any atom is 0.472 e. The Hall–Kier alpha value is -2.81. The molecule has 0 amide bonds. The van der Waals surface area contributed by atoms with Gasteiger partial charge in [-0.3, -0.25) is 18.6 Å². The standard InChI is InChI=1S/C79H144NO8P/c1-3-5-7-9-11-13-15-17-19-21-23-25-27-29-31-33-35-37-38-40-41-43-45-47-49-51-53-55-57-59-61-63-65-67-69-71-78(81)85-75-77(76-87-89(83,84)86-74-73-80)88-79(82)72-70-68-66-64-62-60-58-56-54-52-50-48-46-44-42-39-36-34-32-30-28-26-24-22-20-18-16-14-12-10-8-6-4-2/h6,8,12,14-15,17-18,20-21,23-24,26,30,32,77H,3-5,7,9-11,13,16,19,22,25,27-29,31,33-76,80H2,1-2H3,(H,83,84)/b8-6-,14-12-,17-15-,20-18-,23-21-,26-24-,32-30-. The Bertz CT molecular complexity index is 1740. The lowest BCUT2D eigenvalue weighted by Gasteiger charge is -2.19. The molecule has 0 bridgehead atoms. The Balaban J connectivity index is 3.80. The molecule has 10 heteroatoms. The Morgan fingerprint density at radius 1 is 0.348 bits per heavy atom. The summed E-state index contributed by atoms with van der Waals surface area (Å²) in [5.41, 5.74) is 5.41. The molecule has 0 aromatic carbocycles. The van der Waals surface area contributed by atoms with Gasteiger partial charge in [-0.15, -0.1) is 0 Å². The van der Waals surface area contributed by atoms with Gasteiger partial charge in [0.05, 0.1) is 13.2 Å². The lowest BCUT2D eigenvalue weighted by Crippen LogP contribution is -2.29. The third kappa shape index (κ3) is 74.1. The van der Waals surface area contributed by atoms with Crippen molar-refractivity contribution in [2.24, 2.45) is 5.73 Å². The average Bonchev–Trinajstić information content (AvgIpc) is 3.58. The van der Waals surface area contributed by atoms with Crippen molar-refractivity contribution < 1.29 is 37.6 Å². The van der Waals surface area contributed by atoms with Crippen molar-refractivity contribution in [3.63, 3.8) is 0 Å². The molecule has 0 aliphatic carbocycles. The van der Waals surface area contributed by atoms with Crippen LogP contribution < -0.4 is 5.73 Å². The predicted molar refractivity (Wildman–Crippen MR) is 386 cm³/mol. The molecule has 0 rings (SSSR count). The van der Waals surface area contributed by atoms with E-state index in [1.54, 1.807) is 0 Å². The zero-order chi connectivity index (χ0) is 64.4. The highest BCUT2D eigenvalue weighted by Crippen LogP contribution is 2.43. The summed E-state index contributed by atoms with van der Waals surface area (Å²) >= 11 is 0. The summed E-state index contributed by atoms with van der Waals surface area (Å²) in [4.78, 5) is 35.4. The molecule has 0 aliphatic heterocycles. The van der Waals surface area contributed by atoms with Gasteiger partial charge < -0.3 is 20.1 Å². The van der Waals surface area contributed by atoms with Crippen LogP contribution in [0.25, 0.3) is 0 Å². The number of rotatable bonds is 72. The van der Waals surface area contributed by atoms with E-state index >= 15 is 0 Å². The Kier molecular flexibility index (Phi) is 71.9. The molecule has 2 unspecified atom stereocenters. The number of nitrogens with two attached hydrogens (primary N) is 1. The molecule has 0 saturated carbocycles. The Labute approximate surface area is 551 Å². The molecule has 0 fully saturated rings. The third-order valence-corrected chi connectivity index (χ3v) is 17.7. The molecule has 9 nitrogen and oxygen atoms in total. The number of phosphoric acid groups is 1. The van der Waals surface area contributed by atoms with E-state index in [-0.39, 0.29) is 38.6 Å². The van der Waals surface area contributed by atoms with Gasteiger partial charge >= 0.3 is 19.8 Å². The summed E-state index contributed by atoms with van der Waals surface area (Å²) in [6.07, 6.45) is 99.9. The van der Waals surface area contributed by atoms with Crippen molar-refractivity contribution in [2.75, 3.05) is 26.4 Å². The van der Waals surface area contributed by atoms with Crippen molar-refractivity contribution >= 4 is 19.8 Å². The van der Waals surface area contributed by atoms with Crippen LogP contribution in [0.15, 0.2) is 85.1 Å². The highest BCUT2D eigenvalue weighted by molar-refractivity contribution is 7.47. The topological polar surface area (TPSA) is 134 Å². The first-order valence-electron chi connectivity index (χ1n) is 38.1. The van der Waals surface area contributed by atoms with Crippen molar-refractivity contribution in [1.82, 2.24) is 0 Å². The van der Waals surface area contributed by atoms with E-state index in [1.165, 1.54) is 263 Å². The first-order valence-corrected chi connectivity index (χ1v) is 39.6. The van der Waals surface area contributed by atoms with Crippen LogP contribution >= 0.6 is 7.82 Å². The summed E-state index contributed by atoms with van der Waals surface area (Å²) in [7, 11) is -4.40. The summed E-state index contributed by atoms with van der Waals surface area (Å²) in [5, 5.41) is 0. The smallest absolute Gasteiger partial charge is 0.462 e. The van der Waals surface area contributed by atoms with Gasteiger partial charge in [-0.05, 0) is 89.9 Å². The van der Waals surface area contributed by atoms with Crippen LogP contribution in [0.1, 0.15) is 373 Å². The maximum absolute atomic E-state index is 12.8. The Morgan fingerprint density at radius 2 is 0.618 bits per heavy atom. The first-order chi connectivity index (χ1) is 43.8. The van der Waals surface area contributed by atoms with Crippen LogP contribution in [0, 0.1) is 0 Å². The number of unbranched alkanes of at least 4 members (excludes halogenated alkanes) is 45. The molecule has 3 N–H and O–H groups in total. The molecule has 0 saturated heterocycles. The van der Waals surface area contributed by atoms with Gasteiger partial charge in [-0.1, -0.05) is 356 Å². The SMILES string of the molecule is CC/C=C\C/C=C\C/C=C\C/C=C\C/C=C\CCCCCCCCCCCCCCCCCCCC(=O)OC(COC(=O)CCCCCCCCCCCCCCCCCCCCCCCCC/C=C\C/C=C\CCCCCCC)COP(=O)(O)OCCN. The van der Waals surface area contributed by atoms with Gasteiger partial charge in [0.25, 0.3) is 0 Å². The fraction of sp³-hybridized carbons (Fsp3) is 0.797. The van der Waals surface area contributed by atoms with Crippen molar-refractivity contribution in [2.45, 2.75) is 380 Å². The van der Waals surface area contributed by atoms with E-state index in [4.69, 9.17) is 24.3 Å². The van der Waals surface area contributed by atoms with Crippen LogP contribution in [-0.2, 0) is 32.7 Å². The van der Waals surface area contributed by atoms with E-state index < -0.39 is 26.5 Å². The van der Waals surface area contributed by atoms with Gasteiger partial charge in [0.15, 0.2) is 6.10 Å². The van der Waals surface area contributed by atoms with E-state index in [1.807, 2.05) is 0 Å². The minimum Gasteiger partial charge on any atom is -0.462 e. The second kappa shape index (κ2) is 74.2. The second-order valence-electron chi connectivity index (χ2n) is 25.5. The Morgan fingerprint density at radius 3 is 0.921 bits per heavy atom. The normalized spacial score (nSPS) is 13.3. The molecular weight excluding hydrogens is 1120 g/mol. The van der Waals surface area contributed by atoms with Gasteiger partial charge in [0.1, 0.15) is 6.61 Å². The highest BCUT2D eigenvalue weighted by Gasteiger charge is 2.26. The fourth-order valence-electron chi connectivity index (χ4n) is 11.2. The summed E-state index contributed by atoms with van der Waals surface area (Å²) in [6.45, 7) is 3.68. The number of allylic oxidation sites excluding steroid dienone is 14. The fourth-order valence-corrected chi connectivity index (χ4v) is 11.9. The highest BCUT2D eigenvalue weighted by atomic mass is 31.2. The average molecular weight is 1270 g/mol. The molecule has 0 spiro atoms. The zero-order valence-electron chi connectivity index (χ0n) is 58.4. The van der Waals surface area contributed by atoms with Gasteiger partial charge in [0.2, 0.25) is 0 Å². The van der Waals surface area contributed by atoms with Crippen LogP contribution in [0.3, 0.4) is 0 Å². The van der Waals surface area contributed by atoms with Crippen molar-refractivity contribution in [3.8, 4) is 0 Å². The number of esters is 2. The van der Waals surface area contributed by atoms with Crippen LogP contribution in [0.4, 0.5) is 0 Å². The molecular formula is C79H144NO8P. The second-order valence-corrected chi connectivity index (χ2v) is 26.9. The number of carbonyl (C=O) groups excluding carboxylic acids is 2. The molecule has 89 heavy (non-hydrogen) atoms. The maximum atomic E-state index is 12.8. The number of phosphoric ester groups is 1. The minimum atomic E-state index is -4.40. The van der Waals surface area contributed by atoms with Crippen LogP contribution in [0.2, 0.25) is 0 Å². The lowest BCUT2D eigenvalue weighted by atomic mass is 10.0. The summed E-state index contributed by atoms with van der Waals surface area (Å²) in [5.74, 6) is -0.810. The van der Waals surface area contributed by atoms with Crippen molar-refractivity contribution in [3.05, 3.63) is 85.1 Å². The van der Waals surface area contributed by atoms with Gasteiger partial charge in [0, 0.05) is 19.4 Å². The third-order valence-electron chi connectivity index (χ3n) is 16.8. The molecule has 0 aliphatic rings. The van der Waals surface area contributed by atoms with Crippen molar-refractivity contribution in [1.29, 1.82) is 0 Å². The number of carbonyl (C=O) groups is 2. The van der Waals surface area contributed by atoms with E-state index in [2.05, 4.69) is 98.9 Å². The molecule has 0 aromatic heterocycles. The number of ether oxygens (including phenoxy) is 2. The van der Waals surface area contributed by atoms with Crippen LogP contribution in [-0.4, -0.2) is 49.3 Å².